The molecule has 0 fully saturated rings. The molecular weight excluding hydrogens is 351 g/mol. The van der Waals surface area contributed by atoms with Gasteiger partial charge in [-0.05, 0) is 23.8 Å². The van der Waals surface area contributed by atoms with Crippen molar-refractivity contribution in [3.05, 3.63) is 47.4 Å². The van der Waals surface area contributed by atoms with Crippen molar-refractivity contribution in [3.8, 4) is 0 Å². The molecule has 0 radical (unpaired) electrons. The first-order valence-corrected chi connectivity index (χ1v) is 11.4. The highest BCUT2D eigenvalue weighted by Gasteiger charge is 2.37. The van der Waals surface area contributed by atoms with E-state index >= 15 is 0 Å². The molecule has 1 aromatic carbocycles. The minimum Gasteiger partial charge on any atom is -0.318 e. The third-order valence-electron chi connectivity index (χ3n) is 4.02. The number of benzene rings is 1. The Hall–Kier alpha value is -0.880. The van der Waals surface area contributed by atoms with Crippen molar-refractivity contribution in [1.29, 1.82) is 0 Å². The Bertz CT molecular complexity index is 802. The predicted octanol–water partition coefficient (Wildman–Crippen LogP) is 3.59. The van der Waals surface area contributed by atoms with E-state index in [-0.39, 0.29) is 0 Å². The largest absolute Gasteiger partial charge is 0.318 e. The van der Waals surface area contributed by atoms with Crippen molar-refractivity contribution >= 4 is 52.6 Å². The Morgan fingerprint density at radius 2 is 2.09 bits per heavy atom. The number of anilines is 1. The molecule has 1 aromatic heterocycles. The lowest BCUT2D eigenvalue weighted by Gasteiger charge is -2.38. The van der Waals surface area contributed by atoms with Gasteiger partial charge in [0.1, 0.15) is 22.3 Å². The zero-order valence-electron chi connectivity index (χ0n) is 11.8. The molecule has 3 heterocycles. The fraction of sp³-hybridized carbons (Fsp3) is 0.286. The molecule has 2 aliphatic heterocycles. The second kappa shape index (κ2) is 5.34. The number of hydrogen-bond donors (Lipinski definition) is 2. The molecule has 0 amide bonds. The second-order valence-electron chi connectivity index (χ2n) is 5.48. The van der Waals surface area contributed by atoms with Gasteiger partial charge in [0.05, 0.1) is 6.54 Å². The molecular formula is C14H15N4PS3. The number of imidazole rings is 1. The van der Waals surface area contributed by atoms with Gasteiger partial charge in [0, 0.05) is 13.0 Å². The summed E-state index contributed by atoms with van der Waals surface area (Å²) in [6, 6.07) is 10.2. The van der Waals surface area contributed by atoms with Crippen molar-refractivity contribution in [2.75, 3.05) is 5.09 Å². The fourth-order valence-corrected chi connectivity index (χ4v) is 6.61. The monoisotopic (exact) mass is 366 g/mol. The number of thiocarbonyl (C=S) groups is 1. The van der Waals surface area contributed by atoms with Crippen LogP contribution >= 0.6 is 30.0 Å². The summed E-state index contributed by atoms with van der Waals surface area (Å²) in [5, 5.41) is 3.45. The van der Waals surface area contributed by atoms with E-state index in [0.717, 1.165) is 41.7 Å². The van der Waals surface area contributed by atoms with Crippen LogP contribution in [0, 0.1) is 0 Å². The van der Waals surface area contributed by atoms with Crippen LogP contribution in [0.4, 0.5) is 5.82 Å². The van der Waals surface area contributed by atoms with Gasteiger partial charge in [0.15, 0.2) is 5.54 Å². The molecule has 4 rings (SSSR count). The van der Waals surface area contributed by atoms with Crippen LogP contribution in [0.1, 0.15) is 23.5 Å². The van der Waals surface area contributed by atoms with Crippen molar-refractivity contribution in [2.24, 2.45) is 0 Å². The smallest absolute Gasteiger partial charge is 0.176 e. The van der Waals surface area contributed by atoms with E-state index in [1.54, 1.807) is 0 Å². The zero-order valence-corrected chi connectivity index (χ0v) is 15.2. The first kappa shape index (κ1) is 14.7. The summed E-state index contributed by atoms with van der Waals surface area (Å²) in [6.45, 7) is 1.64. The minimum atomic E-state index is -2.24. The molecule has 8 heteroatoms. The van der Waals surface area contributed by atoms with E-state index in [1.165, 1.54) is 5.56 Å². The molecule has 0 aliphatic carbocycles. The molecule has 2 aromatic rings. The van der Waals surface area contributed by atoms with E-state index in [9.17, 15) is 0 Å². The Balaban J connectivity index is 1.74. The highest BCUT2D eigenvalue weighted by molar-refractivity contribution is 8.63. The first-order chi connectivity index (χ1) is 10.6. The maximum atomic E-state index is 5.77. The van der Waals surface area contributed by atoms with Crippen molar-refractivity contribution in [1.82, 2.24) is 14.2 Å². The van der Waals surface area contributed by atoms with Gasteiger partial charge in [0.25, 0.3) is 0 Å². The quantitative estimate of drug-likeness (QED) is 0.482. The number of aryl methyl sites for hydroxylation is 1. The SMILES string of the molecule is S=C1c2nc3n(c2NP(=S)(S)N1Cc1ccccc1)CCC3. The summed E-state index contributed by atoms with van der Waals surface area (Å²) in [7, 11) is 0. The van der Waals surface area contributed by atoms with Gasteiger partial charge in [-0.3, -0.25) is 0 Å². The molecule has 0 bridgehead atoms. The topological polar surface area (TPSA) is 33.1 Å². The summed E-state index contributed by atoms with van der Waals surface area (Å²) in [5.74, 6) is 2.07. The Labute approximate surface area is 145 Å². The van der Waals surface area contributed by atoms with Gasteiger partial charge in [-0.2, -0.15) is 0 Å². The lowest BCUT2D eigenvalue weighted by atomic mass is 10.2. The number of hydrogen-bond acceptors (Lipinski definition) is 3. The Morgan fingerprint density at radius 1 is 1.32 bits per heavy atom. The highest BCUT2D eigenvalue weighted by Crippen LogP contribution is 2.59. The van der Waals surface area contributed by atoms with E-state index in [4.69, 9.17) is 41.3 Å². The lowest BCUT2D eigenvalue weighted by molar-refractivity contribution is 0.664. The van der Waals surface area contributed by atoms with Crippen LogP contribution in [-0.4, -0.2) is 19.2 Å². The molecule has 1 atom stereocenters. The lowest BCUT2D eigenvalue weighted by Crippen LogP contribution is -2.32. The average Bonchev–Trinajstić information content (AvgIpc) is 3.07. The minimum absolute atomic E-state index is 0.662. The zero-order chi connectivity index (χ0) is 15.3. The van der Waals surface area contributed by atoms with Crippen LogP contribution < -0.4 is 5.09 Å². The number of nitrogens with one attached hydrogen (secondary N) is 1. The normalized spacial score (nSPS) is 23.1. The predicted molar refractivity (Wildman–Crippen MR) is 101 cm³/mol. The van der Waals surface area contributed by atoms with Crippen molar-refractivity contribution in [3.63, 3.8) is 0 Å². The molecule has 0 saturated heterocycles. The van der Waals surface area contributed by atoms with Gasteiger partial charge in [-0.15, -0.1) is 12.2 Å². The van der Waals surface area contributed by atoms with Gasteiger partial charge in [0.2, 0.25) is 0 Å². The van der Waals surface area contributed by atoms with E-state index in [1.807, 2.05) is 22.9 Å². The van der Waals surface area contributed by atoms with Crippen molar-refractivity contribution in [2.45, 2.75) is 25.9 Å². The number of fused-ring (bicyclic) bond motifs is 3. The molecule has 0 saturated carbocycles. The second-order valence-corrected chi connectivity index (χ2v) is 11.8. The van der Waals surface area contributed by atoms with Gasteiger partial charge in [-0.1, -0.05) is 42.5 Å². The molecule has 1 N–H and O–H groups in total. The van der Waals surface area contributed by atoms with E-state index in [0.29, 0.717) is 6.54 Å². The molecule has 0 spiro atoms. The summed E-state index contributed by atoms with van der Waals surface area (Å²) in [4.78, 5) is 5.45. The molecule has 114 valence electrons. The maximum absolute atomic E-state index is 5.77. The molecule has 22 heavy (non-hydrogen) atoms. The van der Waals surface area contributed by atoms with Crippen LogP contribution in [0.15, 0.2) is 30.3 Å². The number of thiol groups is 1. The number of aromatic nitrogens is 2. The molecule has 1 unspecified atom stereocenters. The standard InChI is InChI=1S/C14H15N4PS3/c20-14-12-13(17-8-4-7-11(17)15-12)16-19(21,22)18(14)9-10-5-2-1-3-6-10/h1-3,5-6H,4,7-9H2,(H2,16,21,22). The van der Waals surface area contributed by atoms with Crippen LogP contribution in [0.3, 0.4) is 0 Å². The van der Waals surface area contributed by atoms with Crippen LogP contribution in [0.5, 0.6) is 0 Å². The summed E-state index contributed by atoms with van der Waals surface area (Å²) in [5.41, 5.74) is -0.213. The third-order valence-corrected chi connectivity index (χ3v) is 7.88. The van der Waals surface area contributed by atoms with E-state index in [2.05, 4.69) is 21.8 Å². The third kappa shape index (κ3) is 2.31. The molecule has 4 nitrogen and oxygen atoms in total. The van der Waals surface area contributed by atoms with Gasteiger partial charge in [-0.25, -0.2) is 4.98 Å². The Kier molecular flexibility index (Phi) is 3.57. The first-order valence-electron chi connectivity index (χ1n) is 7.13. The molecule has 2 aliphatic rings. The summed E-state index contributed by atoms with van der Waals surface area (Å²) in [6.07, 6.45) is 2.14. The number of nitrogens with zero attached hydrogens (tertiary/aromatic N) is 3. The van der Waals surface area contributed by atoms with E-state index < -0.39 is 5.54 Å². The number of rotatable bonds is 2. The fourth-order valence-electron chi connectivity index (χ4n) is 2.96. The maximum Gasteiger partial charge on any atom is 0.176 e. The van der Waals surface area contributed by atoms with Gasteiger partial charge < -0.3 is 14.3 Å². The van der Waals surface area contributed by atoms with Crippen LogP contribution in [-0.2, 0) is 31.3 Å². The summed E-state index contributed by atoms with van der Waals surface area (Å²) < 4.78 is 4.24. The average molecular weight is 366 g/mol. The Morgan fingerprint density at radius 3 is 2.86 bits per heavy atom. The van der Waals surface area contributed by atoms with Crippen LogP contribution in [0.2, 0.25) is 0 Å². The van der Waals surface area contributed by atoms with Gasteiger partial charge >= 0.3 is 0 Å². The van der Waals surface area contributed by atoms with Crippen molar-refractivity contribution < 1.29 is 0 Å². The summed E-state index contributed by atoms with van der Waals surface area (Å²) >= 11 is 16.2. The highest BCUT2D eigenvalue weighted by atomic mass is 32.9. The van der Waals surface area contributed by atoms with Crippen LogP contribution in [0.25, 0.3) is 0 Å².